The van der Waals surface area contributed by atoms with E-state index in [1.165, 1.54) is 25.9 Å². The lowest BCUT2D eigenvalue weighted by atomic mass is 9.90. The van der Waals surface area contributed by atoms with Crippen LogP contribution in [0.1, 0.15) is 19.8 Å². The molecule has 116 valence electrons. The van der Waals surface area contributed by atoms with Crippen molar-refractivity contribution in [1.82, 2.24) is 4.90 Å². The second-order valence-corrected chi connectivity index (χ2v) is 5.86. The van der Waals surface area contributed by atoms with Crippen LogP contribution in [-0.2, 0) is 4.79 Å². The van der Waals surface area contributed by atoms with Crippen molar-refractivity contribution in [2.45, 2.75) is 25.8 Å². The number of piperidine rings is 1. The number of benzene rings is 1. The minimum atomic E-state index is -0.465. The van der Waals surface area contributed by atoms with Gasteiger partial charge in [-0.15, -0.1) is 0 Å². The molecule has 0 aliphatic carbocycles. The Bertz CT molecular complexity index is 470. The largest absolute Gasteiger partial charge is 0.484 e. The summed E-state index contributed by atoms with van der Waals surface area (Å²) in [7, 11) is 2.17. The van der Waals surface area contributed by atoms with Crippen LogP contribution < -0.4 is 15.8 Å². The molecule has 1 amide bonds. The van der Waals surface area contributed by atoms with Gasteiger partial charge in [0.05, 0.1) is 0 Å². The number of carbonyl (C=O) groups is 1. The van der Waals surface area contributed by atoms with Gasteiger partial charge in [-0.25, -0.2) is 0 Å². The molecule has 2 rings (SSSR count). The Morgan fingerprint density at radius 3 is 2.86 bits per heavy atom. The van der Waals surface area contributed by atoms with Gasteiger partial charge in [-0.1, -0.05) is 6.07 Å². The number of nitrogens with two attached hydrogens (primary N) is 1. The van der Waals surface area contributed by atoms with E-state index in [0.717, 1.165) is 5.69 Å². The van der Waals surface area contributed by atoms with E-state index in [0.29, 0.717) is 17.7 Å². The molecule has 0 bridgehead atoms. The third kappa shape index (κ3) is 4.93. The molecule has 1 saturated heterocycles. The Balaban J connectivity index is 1.89. The molecular formula is C16H25N3O2. The van der Waals surface area contributed by atoms with Crippen LogP contribution >= 0.6 is 0 Å². The number of amides is 1. The molecule has 1 unspecified atom stereocenters. The van der Waals surface area contributed by atoms with E-state index < -0.39 is 5.91 Å². The third-order valence-electron chi connectivity index (χ3n) is 4.08. The first-order valence-electron chi connectivity index (χ1n) is 7.51. The molecule has 3 N–H and O–H groups in total. The molecule has 0 saturated carbocycles. The maximum atomic E-state index is 10.7. The molecule has 1 aliphatic rings. The molecule has 1 atom stereocenters. The lowest BCUT2D eigenvalue weighted by Gasteiger charge is -2.33. The summed E-state index contributed by atoms with van der Waals surface area (Å²) >= 11 is 0. The number of primary amides is 1. The molecule has 0 radical (unpaired) electrons. The maximum Gasteiger partial charge on any atom is 0.255 e. The Morgan fingerprint density at radius 1 is 1.48 bits per heavy atom. The molecular weight excluding hydrogens is 266 g/mol. The maximum absolute atomic E-state index is 10.7. The van der Waals surface area contributed by atoms with E-state index in [9.17, 15) is 4.79 Å². The number of carbonyl (C=O) groups excluding carboxylic acids is 1. The second kappa shape index (κ2) is 7.31. The van der Waals surface area contributed by atoms with Crippen LogP contribution in [0.4, 0.5) is 5.69 Å². The van der Waals surface area contributed by atoms with Gasteiger partial charge in [0.1, 0.15) is 5.75 Å². The number of anilines is 1. The highest BCUT2D eigenvalue weighted by Crippen LogP contribution is 2.24. The summed E-state index contributed by atoms with van der Waals surface area (Å²) in [5.41, 5.74) is 6.10. The fraction of sp³-hybridized carbons (Fsp3) is 0.562. The van der Waals surface area contributed by atoms with E-state index in [4.69, 9.17) is 10.5 Å². The van der Waals surface area contributed by atoms with Crippen molar-refractivity contribution in [3.8, 4) is 5.75 Å². The summed E-state index contributed by atoms with van der Waals surface area (Å²) in [6.45, 7) is 4.47. The standard InChI is InChI=1S/C16H25N3O2/c1-12(13-6-8-19(2)9-7-13)18-14-4-3-5-15(10-14)21-11-16(17)20/h3-5,10,12-13,18H,6-9,11H2,1-2H3,(H2,17,20). The molecule has 1 heterocycles. The van der Waals surface area contributed by atoms with E-state index >= 15 is 0 Å². The van der Waals surface area contributed by atoms with Crippen molar-refractivity contribution in [3.63, 3.8) is 0 Å². The van der Waals surface area contributed by atoms with Gasteiger partial charge in [0.15, 0.2) is 6.61 Å². The second-order valence-electron chi connectivity index (χ2n) is 5.86. The van der Waals surface area contributed by atoms with E-state index in [2.05, 4.69) is 24.2 Å². The lowest BCUT2D eigenvalue weighted by molar-refractivity contribution is -0.119. The first-order valence-corrected chi connectivity index (χ1v) is 7.51. The minimum Gasteiger partial charge on any atom is -0.484 e. The van der Waals surface area contributed by atoms with Crippen LogP contribution in [0.15, 0.2) is 24.3 Å². The average Bonchev–Trinajstić information content (AvgIpc) is 2.46. The first-order chi connectivity index (χ1) is 10.0. The van der Waals surface area contributed by atoms with E-state index in [-0.39, 0.29) is 6.61 Å². The highest BCUT2D eigenvalue weighted by molar-refractivity contribution is 5.75. The summed E-state index contributed by atoms with van der Waals surface area (Å²) in [6.07, 6.45) is 2.45. The summed E-state index contributed by atoms with van der Waals surface area (Å²) in [6, 6.07) is 8.09. The average molecular weight is 291 g/mol. The van der Waals surface area contributed by atoms with Crippen LogP contribution in [0, 0.1) is 5.92 Å². The van der Waals surface area contributed by atoms with Gasteiger partial charge < -0.3 is 20.7 Å². The zero-order valence-corrected chi connectivity index (χ0v) is 12.8. The van der Waals surface area contributed by atoms with Crippen LogP contribution in [0.25, 0.3) is 0 Å². The van der Waals surface area contributed by atoms with Crippen molar-refractivity contribution in [2.24, 2.45) is 11.7 Å². The Kier molecular flexibility index (Phi) is 5.44. The fourth-order valence-corrected chi connectivity index (χ4v) is 2.74. The predicted octanol–water partition coefficient (Wildman–Crippen LogP) is 1.69. The fourth-order valence-electron chi connectivity index (χ4n) is 2.74. The molecule has 5 nitrogen and oxygen atoms in total. The summed E-state index contributed by atoms with van der Waals surface area (Å²) in [5, 5.41) is 3.54. The summed E-state index contributed by atoms with van der Waals surface area (Å²) < 4.78 is 5.33. The van der Waals surface area contributed by atoms with Gasteiger partial charge >= 0.3 is 0 Å². The van der Waals surface area contributed by atoms with Crippen molar-refractivity contribution < 1.29 is 9.53 Å². The van der Waals surface area contributed by atoms with Crippen LogP contribution in [0.2, 0.25) is 0 Å². The minimum absolute atomic E-state index is 0.0893. The topological polar surface area (TPSA) is 67.6 Å². The number of ether oxygens (including phenoxy) is 1. The number of nitrogens with one attached hydrogen (secondary N) is 1. The van der Waals surface area contributed by atoms with E-state index in [1.807, 2.05) is 24.3 Å². The highest BCUT2D eigenvalue weighted by Gasteiger charge is 2.22. The third-order valence-corrected chi connectivity index (χ3v) is 4.08. The van der Waals surface area contributed by atoms with Gasteiger partial charge in [0, 0.05) is 17.8 Å². The van der Waals surface area contributed by atoms with Crippen LogP contribution in [0.5, 0.6) is 5.75 Å². The van der Waals surface area contributed by atoms with Crippen molar-refractivity contribution >= 4 is 11.6 Å². The first kappa shape index (κ1) is 15.6. The normalized spacial score (nSPS) is 18.2. The molecule has 0 spiro atoms. The predicted molar refractivity (Wildman–Crippen MR) is 84.4 cm³/mol. The molecule has 5 heteroatoms. The van der Waals surface area contributed by atoms with Gasteiger partial charge in [0.25, 0.3) is 5.91 Å². The zero-order valence-electron chi connectivity index (χ0n) is 12.8. The van der Waals surface area contributed by atoms with Gasteiger partial charge in [-0.05, 0) is 58.0 Å². The molecule has 21 heavy (non-hydrogen) atoms. The molecule has 0 aromatic heterocycles. The van der Waals surface area contributed by atoms with Crippen LogP contribution in [-0.4, -0.2) is 43.6 Å². The SMILES string of the molecule is CC(Nc1cccc(OCC(N)=O)c1)C1CCN(C)CC1. The number of rotatable bonds is 6. The van der Waals surface area contributed by atoms with Crippen molar-refractivity contribution in [2.75, 3.05) is 32.1 Å². The van der Waals surface area contributed by atoms with Crippen molar-refractivity contribution in [3.05, 3.63) is 24.3 Å². The molecule has 1 aliphatic heterocycles. The Hall–Kier alpha value is -1.75. The quantitative estimate of drug-likeness (QED) is 0.837. The van der Waals surface area contributed by atoms with E-state index in [1.54, 1.807) is 0 Å². The van der Waals surface area contributed by atoms with Gasteiger partial charge in [-0.2, -0.15) is 0 Å². The molecule has 1 aromatic rings. The van der Waals surface area contributed by atoms with Crippen molar-refractivity contribution in [1.29, 1.82) is 0 Å². The number of nitrogens with zero attached hydrogens (tertiary/aromatic N) is 1. The van der Waals surface area contributed by atoms with Gasteiger partial charge in [-0.3, -0.25) is 4.79 Å². The Morgan fingerprint density at radius 2 is 2.19 bits per heavy atom. The molecule has 1 fully saturated rings. The lowest BCUT2D eigenvalue weighted by Crippen LogP contribution is -2.37. The smallest absolute Gasteiger partial charge is 0.255 e. The molecule has 1 aromatic carbocycles. The van der Waals surface area contributed by atoms with Gasteiger partial charge in [0.2, 0.25) is 0 Å². The van der Waals surface area contributed by atoms with Crippen LogP contribution in [0.3, 0.4) is 0 Å². The number of hydrogen-bond acceptors (Lipinski definition) is 4. The number of likely N-dealkylation sites (tertiary alicyclic amines) is 1. The summed E-state index contributed by atoms with van der Waals surface area (Å²) in [4.78, 5) is 13.1. The highest BCUT2D eigenvalue weighted by atomic mass is 16.5. The summed E-state index contributed by atoms with van der Waals surface area (Å²) in [5.74, 6) is 0.888. The number of hydrogen-bond donors (Lipinski definition) is 2. The monoisotopic (exact) mass is 291 g/mol. The Labute approximate surface area is 126 Å². The zero-order chi connectivity index (χ0) is 15.2.